The maximum atomic E-state index is 14.6. The lowest BCUT2D eigenvalue weighted by atomic mass is 9.75. The number of amides is 4. The van der Waals surface area contributed by atoms with Crippen LogP contribution in [0, 0.1) is 11.3 Å². The second-order valence-corrected chi connectivity index (χ2v) is 11.4. The van der Waals surface area contributed by atoms with Gasteiger partial charge in [-0.3, -0.25) is 19.7 Å². The molecule has 6 rings (SSSR count). The van der Waals surface area contributed by atoms with Crippen molar-refractivity contribution in [1.29, 1.82) is 0 Å². The predicted octanol–water partition coefficient (Wildman–Crippen LogP) is 2.81. The van der Waals surface area contributed by atoms with Crippen molar-refractivity contribution >= 4 is 23.5 Å². The van der Waals surface area contributed by atoms with Crippen molar-refractivity contribution < 1.29 is 28.6 Å². The SMILES string of the molecule is COc1cccc(N2C(=O)NC(=O)[C@@](Cc3ccc(OC)cc3OC)(CN3C[C@H]4C[C@H](C3)c3cccc(=O)n3C4)C2=O)c1. The van der Waals surface area contributed by atoms with Crippen LogP contribution in [0.1, 0.15) is 23.6 Å². The van der Waals surface area contributed by atoms with E-state index in [0.29, 0.717) is 48.1 Å². The molecule has 1 N–H and O–H groups in total. The number of carbonyl (C=O) groups excluding carboxylic acids is 3. The van der Waals surface area contributed by atoms with Crippen LogP contribution in [0.25, 0.3) is 0 Å². The maximum Gasteiger partial charge on any atom is 0.335 e. The van der Waals surface area contributed by atoms with Crippen molar-refractivity contribution in [3.8, 4) is 17.2 Å². The zero-order chi connectivity index (χ0) is 30.3. The number of methoxy groups -OCH3 is 3. The Hall–Kier alpha value is -4.64. The summed E-state index contributed by atoms with van der Waals surface area (Å²) in [5, 5.41) is 2.48. The highest BCUT2D eigenvalue weighted by atomic mass is 16.5. The van der Waals surface area contributed by atoms with Crippen molar-refractivity contribution in [1.82, 2.24) is 14.8 Å². The molecule has 4 heterocycles. The van der Waals surface area contributed by atoms with E-state index in [-0.39, 0.29) is 30.4 Å². The van der Waals surface area contributed by atoms with E-state index >= 15 is 0 Å². The number of anilines is 1. The molecule has 3 atom stereocenters. The highest BCUT2D eigenvalue weighted by Crippen LogP contribution is 2.41. The number of hydrogen-bond acceptors (Lipinski definition) is 8. The summed E-state index contributed by atoms with van der Waals surface area (Å²) < 4.78 is 18.2. The summed E-state index contributed by atoms with van der Waals surface area (Å²) in [7, 11) is 4.57. The fourth-order valence-corrected chi connectivity index (χ4v) is 6.84. The standard InChI is InChI=1S/C32H34N4O7/c1-41-24-7-4-6-23(13-24)36-30(39)32(29(38)33-31(36)40,15-21-10-11-25(42-2)14-27(21)43-3)19-34-16-20-12-22(18-34)26-8-5-9-28(37)35(26)17-20/h4-11,13-14,20,22H,12,15-19H2,1-3H3,(H,33,38,40)/t20-,22-,32-/m1/s1. The number of carbonyl (C=O) groups is 3. The van der Waals surface area contributed by atoms with Gasteiger partial charge in [0.15, 0.2) is 0 Å². The lowest BCUT2D eigenvalue weighted by Gasteiger charge is -2.47. The first-order valence-electron chi connectivity index (χ1n) is 14.2. The molecule has 4 amide bonds. The summed E-state index contributed by atoms with van der Waals surface area (Å²) in [6.45, 7) is 1.82. The molecule has 2 aromatic carbocycles. The van der Waals surface area contributed by atoms with Crippen LogP contribution in [-0.4, -0.2) is 68.3 Å². The first kappa shape index (κ1) is 28.5. The van der Waals surface area contributed by atoms with Gasteiger partial charge < -0.3 is 23.7 Å². The van der Waals surface area contributed by atoms with Gasteiger partial charge in [-0.05, 0) is 42.2 Å². The average molecular weight is 587 g/mol. The average Bonchev–Trinajstić information content (AvgIpc) is 3.01. The topological polar surface area (TPSA) is 119 Å². The number of aromatic nitrogens is 1. The quantitative estimate of drug-likeness (QED) is 0.401. The van der Waals surface area contributed by atoms with Gasteiger partial charge in [0.05, 0.1) is 27.0 Å². The van der Waals surface area contributed by atoms with E-state index in [9.17, 15) is 19.2 Å². The number of nitrogens with one attached hydrogen (secondary N) is 1. The van der Waals surface area contributed by atoms with Crippen LogP contribution in [0.3, 0.4) is 0 Å². The van der Waals surface area contributed by atoms with Gasteiger partial charge in [0, 0.05) is 62.4 Å². The molecule has 11 heteroatoms. The Morgan fingerprint density at radius 1 is 0.860 bits per heavy atom. The molecule has 224 valence electrons. The number of hydrogen-bond donors (Lipinski definition) is 1. The van der Waals surface area contributed by atoms with E-state index < -0.39 is 23.3 Å². The minimum absolute atomic E-state index is 0.0134. The van der Waals surface area contributed by atoms with Gasteiger partial charge in [0.1, 0.15) is 22.7 Å². The van der Waals surface area contributed by atoms with Crippen LogP contribution in [0.5, 0.6) is 17.2 Å². The molecular formula is C32H34N4O7. The Kier molecular flexibility index (Phi) is 7.43. The molecular weight excluding hydrogens is 552 g/mol. The van der Waals surface area contributed by atoms with E-state index in [1.807, 2.05) is 10.6 Å². The number of pyridine rings is 1. The Bertz CT molecular complexity index is 1650. The van der Waals surface area contributed by atoms with Crippen LogP contribution in [0.4, 0.5) is 10.5 Å². The van der Waals surface area contributed by atoms with Crippen molar-refractivity contribution in [2.24, 2.45) is 11.3 Å². The van der Waals surface area contributed by atoms with Gasteiger partial charge >= 0.3 is 6.03 Å². The molecule has 2 bridgehead atoms. The van der Waals surface area contributed by atoms with Crippen LogP contribution in [0.2, 0.25) is 0 Å². The number of rotatable bonds is 8. The summed E-state index contributed by atoms with van der Waals surface area (Å²) in [4.78, 5) is 57.6. The molecule has 0 unspecified atom stereocenters. The fraction of sp³-hybridized carbons (Fsp3) is 0.375. The molecule has 11 nitrogen and oxygen atoms in total. The van der Waals surface area contributed by atoms with Crippen LogP contribution < -0.4 is 30.0 Å². The third-order valence-electron chi connectivity index (χ3n) is 8.82. The molecule has 3 aliphatic rings. The van der Waals surface area contributed by atoms with Crippen molar-refractivity contribution in [2.45, 2.75) is 25.3 Å². The Morgan fingerprint density at radius 2 is 1.63 bits per heavy atom. The normalized spacial score (nSPS) is 23.4. The summed E-state index contributed by atoms with van der Waals surface area (Å²) in [5.74, 6) is 0.471. The van der Waals surface area contributed by atoms with E-state index in [1.54, 1.807) is 61.7 Å². The molecule has 2 saturated heterocycles. The Morgan fingerprint density at radius 3 is 2.40 bits per heavy atom. The Labute approximate surface area is 248 Å². The fourth-order valence-electron chi connectivity index (χ4n) is 6.84. The number of benzene rings is 2. The zero-order valence-electron chi connectivity index (χ0n) is 24.4. The summed E-state index contributed by atoms with van der Waals surface area (Å²) in [5.41, 5.74) is 0.205. The number of nitrogens with zero attached hydrogens (tertiary/aromatic N) is 3. The number of likely N-dealkylation sites (tertiary alicyclic amines) is 1. The maximum absolute atomic E-state index is 14.6. The molecule has 0 saturated carbocycles. The minimum atomic E-state index is -1.67. The summed E-state index contributed by atoms with van der Waals surface area (Å²) in [6, 6.07) is 16.4. The minimum Gasteiger partial charge on any atom is -0.497 e. The second-order valence-electron chi connectivity index (χ2n) is 11.4. The van der Waals surface area contributed by atoms with Crippen molar-refractivity contribution in [2.75, 3.05) is 45.9 Å². The van der Waals surface area contributed by atoms with Crippen molar-refractivity contribution in [3.05, 3.63) is 82.3 Å². The third kappa shape index (κ3) is 5.03. The zero-order valence-corrected chi connectivity index (χ0v) is 24.4. The lowest BCUT2D eigenvalue weighted by molar-refractivity contribution is -0.144. The van der Waals surface area contributed by atoms with Crippen LogP contribution in [-0.2, 0) is 22.6 Å². The predicted molar refractivity (Wildman–Crippen MR) is 158 cm³/mol. The van der Waals surface area contributed by atoms with Gasteiger partial charge in [-0.2, -0.15) is 0 Å². The van der Waals surface area contributed by atoms with Crippen LogP contribution >= 0.6 is 0 Å². The summed E-state index contributed by atoms with van der Waals surface area (Å²) >= 11 is 0. The Balaban J connectivity index is 1.41. The number of urea groups is 1. The van der Waals surface area contributed by atoms with E-state index in [1.165, 1.54) is 14.2 Å². The van der Waals surface area contributed by atoms with Gasteiger partial charge in [0.2, 0.25) is 5.91 Å². The molecule has 0 spiro atoms. The number of barbiturate groups is 1. The van der Waals surface area contributed by atoms with Gasteiger partial charge in [-0.15, -0.1) is 0 Å². The molecule has 2 fully saturated rings. The van der Waals surface area contributed by atoms with Crippen LogP contribution in [0.15, 0.2) is 65.5 Å². The molecule has 1 aromatic heterocycles. The van der Waals surface area contributed by atoms with Gasteiger partial charge in [-0.1, -0.05) is 18.2 Å². The largest absolute Gasteiger partial charge is 0.497 e. The third-order valence-corrected chi connectivity index (χ3v) is 8.82. The number of imide groups is 2. The summed E-state index contributed by atoms with van der Waals surface area (Å²) in [6.07, 6.45) is 0.911. The van der Waals surface area contributed by atoms with Crippen molar-refractivity contribution in [3.63, 3.8) is 0 Å². The number of fused-ring (bicyclic) bond motifs is 4. The number of ether oxygens (including phenoxy) is 3. The molecule has 0 radical (unpaired) electrons. The first-order chi connectivity index (χ1) is 20.8. The highest BCUT2D eigenvalue weighted by Gasteiger charge is 2.56. The molecule has 3 aliphatic heterocycles. The molecule has 0 aliphatic carbocycles. The van der Waals surface area contributed by atoms with E-state index in [2.05, 4.69) is 10.2 Å². The molecule has 3 aromatic rings. The highest BCUT2D eigenvalue weighted by molar-refractivity contribution is 6.30. The van der Waals surface area contributed by atoms with E-state index in [4.69, 9.17) is 14.2 Å². The van der Waals surface area contributed by atoms with E-state index in [0.717, 1.165) is 17.0 Å². The van der Waals surface area contributed by atoms with Gasteiger partial charge in [0.25, 0.3) is 11.5 Å². The molecule has 43 heavy (non-hydrogen) atoms. The van der Waals surface area contributed by atoms with Gasteiger partial charge in [-0.25, -0.2) is 9.69 Å². The first-order valence-corrected chi connectivity index (χ1v) is 14.2. The second kappa shape index (κ2) is 11.2. The number of piperidine rings is 1. The smallest absolute Gasteiger partial charge is 0.335 e. The lowest BCUT2D eigenvalue weighted by Crippen LogP contribution is -2.68. The monoisotopic (exact) mass is 586 g/mol.